The number of anilines is 2. The highest BCUT2D eigenvalue weighted by Crippen LogP contribution is 2.23. The second-order valence-electron chi connectivity index (χ2n) is 7.25. The lowest BCUT2D eigenvalue weighted by atomic mass is 10.1. The lowest BCUT2D eigenvalue weighted by Gasteiger charge is -2.13. The molecule has 0 aliphatic heterocycles. The summed E-state index contributed by atoms with van der Waals surface area (Å²) in [6, 6.07) is 18.4. The van der Waals surface area contributed by atoms with E-state index >= 15 is 0 Å². The van der Waals surface area contributed by atoms with Crippen LogP contribution in [-0.4, -0.2) is 19.3 Å². The highest BCUT2D eigenvalue weighted by Gasteiger charge is 2.19. The van der Waals surface area contributed by atoms with E-state index in [0.717, 1.165) is 11.1 Å². The Hall–Kier alpha value is -4.11. The van der Waals surface area contributed by atoms with Crippen molar-refractivity contribution in [2.75, 3.05) is 10.0 Å². The highest BCUT2D eigenvalue weighted by atomic mass is 32.2. The van der Waals surface area contributed by atoms with Crippen LogP contribution in [0.4, 0.5) is 11.4 Å². The maximum atomic E-state index is 13.0. The molecule has 2 aromatic carbocycles. The van der Waals surface area contributed by atoms with Crippen LogP contribution >= 0.6 is 0 Å². The minimum Gasteiger partial charge on any atom is -0.472 e. The van der Waals surface area contributed by atoms with Crippen LogP contribution in [0.15, 0.2) is 101 Å². The van der Waals surface area contributed by atoms with E-state index in [1.165, 1.54) is 12.1 Å². The maximum Gasteiger partial charge on any atom is 0.261 e. The van der Waals surface area contributed by atoms with E-state index in [0.29, 0.717) is 17.9 Å². The van der Waals surface area contributed by atoms with Crippen molar-refractivity contribution in [2.45, 2.75) is 18.0 Å². The Kier molecular flexibility index (Phi) is 6.70. The molecule has 0 aliphatic rings. The first-order valence-electron chi connectivity index (χ1n) is 10.1. The number of furan rings is 1. The summed E-state index contributed by atoms with van der Waals surface area (Å²) in [4.78, 5) is 16.8. The van der Waals surface area contributed by atoms with Crippen LogP contribution in [0.3, 0.4) is 0 Å². The summed E-state index contributed by atoms with van der Waals surface area (Å²) in [5, 5.41) is 5.95. The van der Waals surface area contributed by atoms with Gasteiger partial charge in [0, 0.05) is 48.0 Å². The van der Waals surface area contributed by atoms with E-state index in [1.54, 1.807) is 73.5 Å². The summed E-state index contributed by atoms with van der Waals surface area (Å²) < 4.78 is 33.7. The zero-order valence-corrected chi connectivity index (χ0v) is 18.4. The van der Waals surface area contributed by atoms with Crippen molar-refractivity contribution >= 4 is 27.3 Å². The van der Waals surface area contributed by atoms with E-state index in [2.05, 4.69) is 20.3 Å². The fraction of sp³-hybridized carbons (Fsp3) is 0.0833. The first-order chi connectivity index (χ1) is 16.0. The minimum atomic E-state index is -3.93. The first-order valence-corrected chi connectivity index (χ1v) is 11.6. The van der Waals surface area contributed by atoms with Crippen LogP contribution < -0.4 is 15.4 Å². The number of pyridine rings is 1. The Balaban J connectivity index is 1.60. The summed E-state index contributed by atoms with van der Waals surface area (Å²) in [7, 11) is -3.93. The van der Waals surface area contributed by atoms with Gasteiger partial charge in [0.15, 0.2) is 0 Å². The molecule has 2 aromatic heterocycles. The number of rotatable bonds is 9. The lowest BCUT2D eigenvalue weighted by Crippen LogP contribution is -2.23. The molecule has 0 radical (unpaired) electrons. The van der Waals surface area contributed by atoms with Gasteiger partial charge >= 0.3 is 0 Å². The lowest BCUT2D eigenvalue weighted by molar-refractivity contribution is 0.0950. The molecular formula is C24H22N4O4S. The van der Waals surface area contributed by atoms with Gasteiger partial charge in [0.05, 0.1) is 17.4 Å². The Morgan fingerprint density at radius 1 is 0.909 bits per heavy atom. The number of carbonyl (C=O) groups is 1. The molecule has 3 N–H and O–H groups in total. The number of hydrogen-bond donors (Lipinski definition) is 3. The van der Waals surface area contributed by atoms with Gasteiger partial charge in [0.1, 0.15) is 0 Å². The molecule has 4 rings (SSSR count). The van der Waals surface area contributed by atoms with Crippen LogP contribution in [0.25, 0.3) is 0 Å². The van der Waals surface area contributed by atoms with Gasteiger partial charge in [-0.2, -0.15) is 0 Å². The van der Waals surface area contributed by atoms with Gasteiger partial charge in [-0.15, -0.1) is 0 Å². The molecule has 33 heavy (non-hydrogen) atoms. The van der Waals surface area contributed by atoms with Crippen LogP contribution in [0.1, 0.15) is 21.5 Å². The molecule has 0 spiro atoms. The number of amides is 1. The second-order valence-corrected chi connectivity index (χ2v) is 8.93. The Morgan fingerprint density at radius 3 is 2.48 bits per heavy atom. The third kappa shape index (κ3) is 5.98. The average molecular weight is 463 g/mol. The topological polar surface area (TPSA) is 113 Å². The van der Waals surface area contributed by atoms with Crippen molar-refractivity contribution in [1.82, 2.24) is 10.3 Å². The van der Waals surface area contributed by atoms with Crippen LogP contribution in [-0.2, 0) is 23.1 Å². The summed E-state index contributed by atoms with van der Waals surface area (Å²) in [5.74, 6) is -0.401. The van der Waals surface area contributed by atoms with Gasteiger partial charge in [-0.25, -0.2) is 8.42 Å². The molecule has 0 unspecified atom stereocenters. The summed E-state index contributed by atoms with van der Waals surface area (Å²) >= 11 is 0. The molecular weight excluding hydrogens is 440 g/mol. The quantitative estimate of drug-likeness (QED) is 0.346. The normalized spacial score (nSPS) is 11.0. The minimum absolute atomic E-state index is 0.0323. The summed E-state index contributed by atoms with van der Waals surface area (Å²) in [6.45, 7) is 0.673. The second kappa shape index (κ2) is 10.0. The SMILES string of the molecule is O=C(NCc1cccnc1)c1cc(NCc2ccoc2)cc(S(=O)(=O)Nc2ccccc2)c1. The smallest absolute Gasteiger partial charge is 0.261 e. The van der Waals surface area contributed by atoms with Crippen molar-refractivity contribution in [3.8, 4) is 0 Å². The van der Waals surface area contributed by atoms with E-state index in [9.17, 15) is 13.2 Å². The molecule has 0 atom stereocenters. The van der Waals surface area contributed by atoms with Crippen molar-refractivity contribution in [3.63, 3.8) is 0 Å². The molecule has 0 aliphatic carbocycles. The van der Waals surface area contributed by atoms with Gasteiger partial charge in [-0.05, 0) is 48.0 Å². The van der Waals surface area contributed by atoms with Gasteiger partial charge in [-0.3, -0.25) is 14.5 Å². The number of carbonyl (C=O) groups excluding carboxylic acids is 1. The van der Waals surface area contributed by atoms with E-state index in [1.807, 2.05) is 6.07 Å². The molecule has 0 bridgehead atoms. The van der Waals surface area contributed by atoms with Crippen molar-refractivity contribution in [1.29, 1.82) is 0 Å². The first kappa shape index (κ1) is 22.1. The van der Waals surface area contributed by atoms with E-state index < -0.39 is 15.9 Å². The number of para-hydroxylation sites is 1. The van der Waals surface area contributed by atoms with E-state index in [4.69, 9.17) is 4.42 Å². The predicted molar refractivity (Wildman–Crippen MR) is 125 cm³/mol. The molecule has 8 nitrogen and oxygen atoms in total. The molecule has 1 amide bonds. The monoisotopic (exact) mass is 462 g/mol. The van der Waals surface area contributed by atoms with Crippen molar-refractivity contribution < 1.29 is 17.6 Å². The number of hydrogen-bond acceptors (Lipinski definition) is 6. The molecule has 9 heteroatoms. The van der Waals surface area contributed by atoms with Gasteiger partial charge in [-0.1, -0.05) is 24.3 Å². The van der Waals surface area contributed by atoms with Crippen LogP contribution in [0, 0.1) is 0 Å². The average Bonchev–Trinajstić information content (AvgIpc) is 3.36. The van der Waals surface area contributed by atoms with Crippen LogP contribution in [0.5, 0.6) is 0 Å². The third-order valence-corrected chi connectivity index (χ3v) is 6.12. The fourth-order valence-corrected chi connectivity index (χ4v) is 4.22. The zero-order valence-electron chi connectivity index (χ0n) is 17.6. The van der Waals surface area contributed by atoms with E-state index in [-0.39, 0.29) is 17.0 Å². The number of aromatic nitrogens is 1. The molecule has 4 aromatic rings. The summed E-state index contributed by atoms with van der Waals surface area (Å²) in [5.41, 5.74) is 2.84. The Morgan fingerprint density at radius 2 is 1.76 bits per heavy atom. The number of nitrogens with one attached hydrogen (secondary N) is 3. The summed E-state index contributed by atoms with van der Waals surface area (Å²) in [6.07, 6.45) is 6.45. The van der Waals surface area contributed by atoms with Crippen molar-refractivity contribution in [3.05, 3.63) is 108 Å². The third-order valence-electron chi connectivity index (χ3n) is 4.76. The molecule has 2 heterocycles. The number of sulfonamides is 1. The van der Waals surface area contributed by atoms with Gasteiger partial charge in [0.25, 0.3) is 15.9 Å². The van der Waals surface area contributed by atoms with Crippen molar-refractivity contribution in [2.24, 2.45) is 0 Å². The molecule has 0 saturated carbocycles. The molecule has 168 valence electrons. The van der Waals surface area contributed by atoms with Gasteiger partial charge in [0.2, 0.25) is 0 Å². The number of benzene rings is 2. The fourth-order valence-electron chi connectivity index (χ4n) is 3.09. The zero-order chi connectivity index (χ0) is 23.1. The predicted octanol–water partition coefficient (Wildman–Crippen LogP) is 4.02. The Bertz CT molecular complexity index is 1310. The van der Waals surface area contributed by atoms with Gasteiger partial charge < -0.3 is 15.1 Å². The standard InChI is InChI=1S/C24H22N4O4S/c29-24(27-15-18-5-4-9-25-14-18)20-11-22(26-16-19-8-10-32-17-19)13-23(12-20)33(30,31)28-21-6-2-1-3-7-21/h1-14,17,26,28H,15-16H2,(H,27,29). The Labute approximate surface area is 191 Å². The largest absolute Gasteiger partial charge is 0.472 e. The highest BCUT2D eigenvalue weighted by molar-refractivity contribution is 7.92. The number of nitrogens with zero attached hydrogens (tertiary/aromatic N) is 1. The molecule has 0 saturated heterocycles. The molecule has 0 fully saturated rings. The maximum absolute atomic E-state index is 13.0. The van der Waals surface area contributed by atoms with Crippen LogP contribution in [0.2, 0.25) is 0 Å².